The largest absolute Gasteiger partial charge is 0.504 e. The number of anilines is 1. The van der Waals surface area contributed by atoms with Crippen molar-refractivity contribution in [3.05, 3.63) is 23.9 Å². The third-order valence-electron chi connectivity index (χ3n) is 4.10. The minimum absolute atomic E-state index is 0.0128. The number of H-pyrrole nitrogens is 1. The van der Waals surface area contributed by atoms with Gasteiger partial charge in [-0.05, 0) is 29.3 Å². The van der Waals surface area contributed by atoms with Gasteiger partial charge in [-0.15, -0.1) is 0 Å². The number of nitrogen functional groups attached to an aromatic ring is 1. The first kappa shape index (κ1) is 16.9. The monoisotopic (exact) mass is 342 g/mol. The molecule has 2 aromatic heterocycles. The molecule has 0 amide bonds. The molecule has 0 radical (unpaired) electrons. The van der Waals surface area contributed by atoms with Crippen LogP contribution in [-0.2, 0) is 5.41 Å². The summed E-state index contributed by atoms with van der Waals surface area (Å²) in [5, 5.41) is 18.0. The van der Waals surface area contributed by atoms with Crippen molar-refractivity contribution in [2.75, 3.05) is 20.0 Å². The molecule has 0 bridgehead atoms. The first-order valence-corrected chi connectivity index (χ1v) is 7.86. The van der Waals surface area contributed by atoms with Gasteiger partial charge >= 0.3 is 0 Å². The minimum atomic E-state index is -0.165. The molecule has 3 aromatic rings. The molecule has 0 atom stereocenters. The van der Waals surface area contributed by atoms with Gasteiger partial charge in [0.1, 0.15) is 0 Å². The summed E-state index contributed by atoms with van der Waals surface area (Å²) in [5.74, 6) is 1.06. The van der Waals surface area contributed by atoms with E-state index >= 15 is 0 Å². The Balaban J connectivity index is 2.35. The third-order valence-corrected chi connectivity index (χ3v) is 4.10. The number of rotatable bonds is 3. The Labute approximate surface area is 145 Å². The molecule has 0 aliphatic heterocycles. The second kappa shape index (κ2) is 5.84. The topological polar surface area (TPSA) is 106 Å². The first-order chi connectivity index (χ1) is 11.8. The number of nitrogens with one attached hydrogen (secondary N) is 1. The van der Waals surface area contributed by atoms with Crippen molar-refractivity contribution in [2.45, 2.75) is 26.2 Å². The molecule has 0 aliphatic carbocycles. The molecule has 132 valence electrons. The van der Waals surface area contributed by atoms with Gasteiger partial charge in [-0.3, -0.25) is 5.10 Å². The number of fused-ring (bicyclic) bond motifs is 1. The van der Waals surface area contributed by atoms with Crippen molar-refractivity contribution in [3.63, 3.8) is 0 Å². The highest BCUT2D eigenvalue weighted by atomic mass is 16.5. The van der Waals surface area contributed by atoms with Crippen molar-refractivity contribution in [1.82, 2.24) is 15.2 Å². The van der Waals surface area contributed by atoms with E-state index in [2.05, 4.69) is 36.0 Å². The van der Waals surface area contributed by atoms with Gasteiger partial charge < -0.3 is 20.3 Å². The third kappa shape index (κ3) is 2.82. The number of phenols is 1. The van der Waals surface area contributed by atoms with Crippen LogP contribution >= 0.6 is 0 Å². The standard InChI is InChI=1S/C18H22N4O3/c1-18(2,3)13-8-10(14-16(19)21-22-17(14)20-13)9-6-11(23)15(25-5)12(7-9)24-4/h6-8,23H,1-5H3,(H3,19,20,21,22). The molecule has 25 heavy (non-hydrogen) atoms. The number of aromatic nitrogens is 3. The molecule has 0 aliphatic rings. The van der Waals surface area contributed by atoms with E-state index in [1.54, 1.807) is 12.1 Å². The second-order valence-corrected chi connectivity index (χ2v) is 6.87. The van der Waals surface area contributed by atoms with Crippen LogP contribution in [0.4, 0.5) is 5.82 Å². The van der Waals surface area contributed by atoms with Gasteiger partial charge in [-0.1, -0.05) is 20.8 Å². The van der Waals surface area contributed by atoms with E-state index in [1.165, 1.54) is 14.2 Å². The number of hydrogen-bond acceptors (Lipinski definition) is 6. The molecule has 3 rings (SSSR count). The smallest absolute Gasteiger partial charge is 0.203 e. The Morgan fingerprint density at radius 3 is 2.44 bits per heavy atom. The summed E-state index contributed by atoms with van der Waals surface area (Å²) in [6.45, 7) is 6.24. The lowest BCUT2D eigenvalue weighted by Gasteiger charge is -2.19. The maximum atomic E-state index is 10.3. The summed E-state index contributed by atoms with van der Waals surface area (Å²) in [5.41, 5.74) is 8.91. The summed E-state index contributed by atoms with van der Waals surface area (Å²) in [7, 11) is 3.00. The molecular formula is C18H22N4O3. The fourth-order valence-electron chi connectivity index (χ4n) is 2.77. The van der Waals surface area contributed by atoms with Gasteiger partial charge in [0.2, 0.25) is 5.75 Å². The van der Waals surface area contributed by atoms with Crippen LogP contribution in [0.3, 0.4) is 0 Å². The van der Waals surface area contributed by atoms with Crippen LogP contribution < -0.4 is 15.2 Å². The zero-order valence-electron chi connectivity index (χ0n) is 15.0. The van der Waals surface area contributed by atoms with E-state index in [4.69, 9.17) is 15.2 Å². The number of ether oxygens (including phenoxy) is 2. The number of benzene rings is 1. The van der Waals surface area contributed by atoms with Crippen LogP contribution in [0.25, 0.3) is 22.2 Å². The summed E-state index contributed by atoms with van der Waals surface area (Å²) in [6, 6.07) is 5.39. The maximum Gasteiger partial charge on any atom is 0.203 e. The second-order valence-electron chi connectivity index (χ2n) is 6.87. The van der Waals surface area contributed by atoms with E-state index in [0.717, 1.165) is 16.8 Å². The molecule has 0 fully saturated rings. The highest BCUT2D eigenvalue weighted by Crippen LogP contribution is 2.43. The van der Waals surface area contributed by atoms with E-state index in [1.807, 2.05) is 6.07 Å². The first-order valence-electron chi connectivity index (χ1n) is 7.86. The van der Waals surface area contributed by atoms with Crippen LogP contribution in [-0.4, -0.2) is 34.5 Å². The van der Waals surface area contributed by atoms with Crippen LogP contribution in [0.15, 0.2) is 18.2 Å². The lowest BCUT2D eigenvalue weighted by molar-refractivity contribution is 0.333. The molecule has 4 N–H and O–H groups in total. The van der Waals surface area contributed by atoms with E-state index in [9.17, 15) is 5.11 Å². The van der Waals surface area contributed by atoms with Gasteiger partial charge in [0.05, 0.1) is 19.6 Å². The number of nitrogens with zero attached hydrogens (tertiary/aromatic N) is 2. The number of phenolic OH excluding ortho intramolecular Hbond substituents is 1. The summed E-state index contributed by atoms with van der Waals surface area (Å²) >= 11 is 0. The number of nitrogens with two attached hydrogens (primary N) is 1. The van der Waals surface area contributed by atoms with Crippen molar-refractivity contribution < 1.29 is 14.6 Å². The van der Waals surface area contributed by atoms with E-state index in [-0.39, 0.29) is 16.9 Å². The molecule has 1 aromatic carbocycles. The van der Waals surface area contributed by atoms with Crippen molar-refractivity contribution in [2.24, 2.45) is 0 Å². The molecule has 0 saturated carbocycles. The SMILES string of the molecule is COc1cc(-c2cc(C(C)(C)C)nc3[nH]nc(N)c23)cc(O)c1OC. The van der Waals surface area contributed by atoms with Gasteiger partial charge in [0, 0.05) is 11.1 Å². The Morgan fingerprint density at radius 1 is 1.12 bits per heavy atom. The van der Waals surface area contributed by atoms with Crippen LogP contribution in [0, 0.1) is 0 Å². The predicted octanol–water partition coefficient (Wildman–Crippen LogP) is 3.23. The molecule has 7 nitrogen and oxygen atoms in total. The highest BCUT2D eigenvalue weighted by molar-refractivity contribution is 6.00. The van der Waals surface area contributed by atoms with Crippen LogP contribution in [0.1, 0.15) is 26.5 Å². The van der Waals surface area contributed by atoms with Crippen molar-refractivity contribution in [3.8, 4) is 28.4 Å². The fourth-order valence-corrected chi connectivity index (χ4v) is 2.77. The number of hydrogen-bond donors (Lipinski definition) is 3. The summed E-state index contributed by atoms with van der Waals surface area (Å²) in [4.78, 5) is 4.64. The van der Waals surface area contributed by atoms with E-state index in [0.29, 0.717) is 22.6 Å². The lowest BCUT2D eigenvalue weighted by Crippen LogP contribution is -2.13. The van der Waals surface area contributed by atoms with Gasteiger partial charge in [0.25, 0.3) is 0 Å². The Kier molecular flexibility index (Phi) is 3.94. The fraction of sp³-hybridized carbons (Fsp3) is 0.333. The normalized spacial score (nSPS) is 11.7. The van der Waals surface area contributed by atoms with Gasteiger partial charge in [-0.2, -0.15) is 5.10 Å². The Bertz CT molecular complexity index is 942. The molecule has 0 saturated heterocycles. The minimum Gasteiger partial charge on any atom is -0.504 e. The zero-order chi connectivity index (χ0) is 18.4. The lowest BCUT2D eigenvalue weighted by atomic mass is 9.89. The molecular weight excluding hydrogens is 320 g/mol. The maximum absolute atomic E-state index is 10.3. The van der Waals surface area contributed by atoms with Gasteiger partial charge in [0.15, 0.2) is 23.0 Å². The molecule has 0 unspecified atom stereocenters. The zero-order valence-corrected chi connectivity index (χ0v) is 15.0. The average Bonchev–Trinajstić information content (AvgIpc) is 2.93. The number of methoxy groups -OCH3 is 2. The summed E-state index contributed by atoms with van der Waals surface area (Å²) < 4.78 is 10.5. The van der Waals surface area contributed by atoms with Crippen LogP contribution in [0.5, 0.6) is 17.2 Å². The number of pyridine rings is 1. The number of aromatic amines is 1. The summed E-state index contributed by atoms with van der Waals surface area (Å²) in [6.07, 6.45) is 0. The van der Waals surface area contributed by atoms with Gasteiger partial charge in [-0.25, -0.2) is 4.98 Å². The Morgan fingerprint density at radius 2 is 1.84 bits per heavy atom. The van der Waals surface area contributed by atoms with Crippen molar-refractivity contribution in [1.29, 1.82) is 0 Å². The molecule has 2 heterocycles. The number of aromatic hydroxyl groups is 1. The van der Waals surface area contributed by atoms with E-state index < -0.39 is 0 Å². The average molecular weight is 342 g/mol. The highest BCUT2D eigenvalue weighted by Gasteiger charge is 2.22. The predicted molar refractivity (Wildman–Crippen MR) is 97.2 cm³/mol. The molecule has 0 spiro atoms. The van der Waals surface area contributed by atoms with Crippen molar-refractivity contribution >= 4 is 16.9 Å². The Hall–Kier alpha value is -2.96. The molecule has 7 heteroatoms. The quantitative estimate of drug-likeness (QED) is 0.675. The van der Waals surface area contributed by atoms with Crippen LogP contribution in [0.2, 0.25) is 0 Å².